The van der Waals surface area contributed by atoms with Gasteiger partial charge >= 0.3 is 6.03 Å². The predicted octanol–water partition coefficient (Wildman–Crippen LogP) is 3.55. The molecule has 0 radical (unpaired) electrons. The van der Waals surface area contributed by atoms with Gasteiger partial charge in [0.15, 0.2) is 0 Å². The number of anilines is 1. The van der Waals surface area contributed by atoms with E-state index in [4.69, 9.17) is 0 Å². The van der Waals surface area contributed by atoms with Crippen molar-refractivity contribution in [1.29, 1.82) is 0 Å². The molecule has 0 aliphatic carbocycles. The second-order valence-electron chi connectivity index (χ2n) is 5.06. The first-order valence-electron chi connectivity index (χ1n) is 6.95. The first-order chi connectivity index (χ1) is 9.24. The summed E-state index contributed by atoms with van der Waals surface area (Å²) in [7, 11) is 1.87. The van der Waals surface area contributed by atoms with Gasteiger partial charge in [-0.15, -0.1) is 0 Å². The van der Waals surface area contributed by atoms with E-state index in [9.17, 15) is 4.79 Å². The minimum Gasteiger partial charge on any atom is -0.323 e. The summed E-state index contributed by atoms with van der Waals surface area (Å²) in [6.45, 7) is 1.53. The number of carbonyl (C=O) groups is 1. The van der Waals surface area contributed by atoms with E-state index >= 15 is 0 Å². The number of urea groups is 1. The highest BCUT2D eigenvalue weighted by Gasteiger charge is 2.26. The number of benzene rings is 1. The Bertz CT molecular complexity index is 436. The minimum absolute atomic E-state index is 0.118. The summed E-state index contributed by atoms with van der Waals surface area (Å²) in [4.78, 5) is 16.0. The normalized spacial score (nSPS) is 14.7. The van der Waals surface area contributed by atoms with Crippen molar-refractivity contribution in [3.8, 4) is 0 Å². The molecule has 1 aromatic carbocycles. The van der Waals surface area contributed by atoms with Crippen molar-refractivity contribution in [3.63, 3.8) is 0 Å². The Hall–Kier alpha value is -1.16. The number of hydrogen-bond acceptors (Lipinski definition) is 2. The average molecular weight is 278 g/mol. The van der Waals surface area contributed by atoms with Crippen LogP contribution in [0.15, 0.2) is 24.3 Å². The van der Waals surface area contributed by atoms with Gasteiger partial charge in [0.05, 0.1) is 5.69 Å². The van der Waals surface area contributed by atoms with Gasteiger partial charge in [-0.25, -0.2) is 4.79 Å². The molecular formula is C15H22N2OS. The van der Waals surface area contributed by atoms with Gasteiger partial charge in [-0.1, -0.05) is 31.0 Å². The molecule has 1 aliphatic rings. The van der Waals surface area contributed by atoms with E-state index in [0.29, 0.717) is 6.54 Å². The highest BCUT2D eigenvalue weighted by molar-refractivity contribution is 7.80. The third-order valence-corrected chi connectivity index (χ3v) is 3.85. The van der Waals surface area contributed by atoms with E-state index in [2.05, 4.69) is 18.7 Å². The quantitative estimate of drug-likeness (QED) is 0.624. The van der Waals surface area contributed by atoms with Crippen LogP contribution in [0.5, 0.6) is 0 Å². The van der Waals surface area contributed by atoms with E-state index in [0.717, 1.165) is 37.2 Å². The molecule has 1 aliphatic heterocycles. The molecule has 0 saturated heterocycles. The summed E-state index contributed by atoms with van der Waals surface area (Å²) < 4.78 is 0. The van der Waals surface area contributed by atoms with E-state index in [1.54, 1.807) is 4.90 Å². The Kier molecular flexibility index (Phi) is 5.14. The van der Waals surface area contributed by atoms with Crippen LogP contribution in [0.4, 0.5) is 10.5 Å². The van der Waals surface area contributed by atoms with Crippen LogP contribution in [0.1, 0.15) is 31.2 Å². The molecular weight excluding hydrogens is 256 g/mol. The number of fused-ring (bicyclic) bond motifs is 1. The lowest BCUT2D eigenvalue weighted by molar-refractivity contribution is 0.210. The largest absolute Gasteiger partial charge is 0.324 e. The van der Waals surface area contributed by atoms with Crippen molar-refractivity contribution in [2.75, 3.05) is 24.2 Å². The summed E-state index contributed by atoms with van der Waals surface area (Å²) >= 11 is 4.22. The first-order valence-corrected chi connectivity index (χ1v) is 7.58. The molecule has 0 saturated carbocycles. The number of rotatable bonds is 6. The van der Waals surface area contributed by atoms with E-state index in [1.165, 1.54) is 12.0 Å². The maximum atomic E-state index is 12.2. The Morgan fingerprint density at radius 1 is 1.16 bits per heavy atom. The Balaban J connectivity index is 2.00. The fourth-order valence-corrected chi connectivity index (χ4v) is 2.72. The topological polar surface area (TPSA) is 23.6 Å². The zero-order chi connectivity index (χ0) is 13.7. The molecule has 0 fully saturated rings. The van der Waals surface area contributed by atoms with Gasteiger partial charge in [-0.05, 0) is 30.2 Å². The van der Waals surface area contributed by atoms with Crippen molar-refractivity contribution in [1.82, 2.24) is 4.90 Å². The molecule has 0 unspecified atom stereocenters. The summed E-state index contributed by atoms with van der Waals surface area (Å²) in [5, 5.41) is 0. The fourth-order valence-electron chi connectivity index (χ4n) is 2.49. The van der Waals surface area contributed by atoms with E-state index < -0.39 is 0 Å². The van der Waals surface area contributed by atoms with Gasteiger partial charge < -0.3 is 4.90 Å². The average Bonchev–Trinajstić information content (AvgIpc) is 2.42. The first kappa shape index (κ1) is 14.3. The summed E-state index contributed by atoms with van der Waals surface area (Å²) in [6.07, 6.45) is 4.58. The molecule has 0 N–H and O–H groups in total. The molecule has 104 valence electrons. The monoisotopic (exact) mass is 278 g/mol. The number of hydrogen-bond donors (Lipinski definition) is 1. The van der Waals surface area contributed by atoms with Gasteiger partial charge in [0, 0.05) is 20.1 Å². The van der Waals surface area contributed by atoms with Crippen molar-refractivity contribution in [2.24, 2.45) is 0 Å². The molecule has 4 heteroatoms. The van der Waals surface area contributed by atoms with Crippen molar-refractivity contribution in [3.05, 3.63) is 29.8 Å². The predicted molar refractivity (Wildman–Crippen MR) is 83.0 cm³/mol. The molecule has 19 heavy (non-hydrogen) atoms. The van der Waals surface area contributed by atoms with Crippen LogP contribution in [0.25, 0.3) is 0 Å². The van der Waals surface area contributed by atoms with E-state index in [-0.39, 0.29) is 6.03 Å². The minimum atomic E-state index is 0.118. The zero-order valence-electron chi connectivity index (χ0n) is 11.5. The Labute approximate surface area is 121 Å². The van der Waals surface area contributed by atoms with Gasteiger partial charge in [0.25, 0.3) is 0 Å². The number of thiol groups is 1. The van der Waals surface area contributed by atoms with Crippen molar-refractivity contribution >= 4 is 24.3 Å². The summed E-state index contributed by atoms with van der Waals surface area (Å²) in [5.41, 5.74) is 2.32. The lowest BCUT2D eigenvalue weighted by Gasteiger charge is -2.35. The maximum Gasteiger partial charge on any atom is 0.324 e. The zero-order valence-corrected chi connectivity index (χ0v) is 12.4. The van der Waals surface area contributed by atoms with Crippen LogP contribution in [0.2, 0.25) is 0 Å². The van der Waals surface area contributed by atoms with Crippen LogP contribution < -0.4 is 4.90 Å². The smallest absolute Gasteiger partial charge is 0.323 e. The third kappa shape index (κ3) is 3.44. The standard InChI is InChI=1S/C15H22N2OS/c1-16-12-13-8-4-5-9-14(13)17(15(16)18)10-6-2-3-7-11-19/h4-5,8-9,19H,2-3,6-7,10-12H2,1H3. The molecule has 0 spiro atoms. The number of amides is 2. The molecule has 0 bridgehead atoms. The number of unbranched alkanes of at least 4 members (excludes halogenated alkanes) is 3. The summed E-state index contributed by atoms with van der Waals surface area (Å²) in [6, 6.07) is 8.31. The molecule has 2 amide bonds. The van der Waals surface area contributed by atoms with Crippen LogP contribution >= 0.6 is 12.6 Å². The number of carbonyl (C=O) groups excluding carboxylic acids is 1. The van der Waals surface area contributed by atoms with Crippen LogP contribution in [-0.4, -0.2) is 30.3 Å². The lowest BCUT2D eigenvalue weighted by atomic mass is 10.1. The van der Waals surface area contributed by atoms with Crippen LogP contribution in [0, 0.1) is 0 Å². The Morgan fingerprint density at radius 2 is 1.89 bits per heavy atom. The van der Waals surface area contributed by atoms with E-state index in [1.807, 2.05) is 30.1 Å². The maximum absolute atomic E-state index is 12.2. The van der Waals surface area contributed by atoms with Gasteiger partial charge in [-0.2, -0.15) is 12.6 Å². The molecule has 0 atom stereocenters. The lowest BCUT2D eigenvalue weighted by Crippen LogP contribution is -2.45. The van der Waals surface area contributed by atoms with Gasteiger partial charge in [-0.3, -0.25) is 4.90 Å². The van der Waals surface area contributed by atoms with Crippen molar-refractivity contribution < 1.29 is 4.79 Å². The van der Waals surface area contributed by atoms with Gasteiger partial charge in [0.2, 0.25) is 0 Å². The highest BCUT2D eigenvalue weighted by atomic mass is 32.1. The number of para-hydroxylation sites is 1. The second-order valence-corrected chi connectivity index (χ2v) is 5.50. The van der Waals surface area contributed by atoms with Crippen LogP contribution in [-0.2, 0) is 6.54 Å². The van der Waals surface area contributed by atoms with Crippen LogP contribution in [0.3, 0.4) is 0 Å². The molecule has 3 nitrogen and oxygen atoms in total. The molecule has 1 heterocycles. The van der Waals surface area contributed by atoms with Crippen molar-refractivity contribution in [2.45, 2.75) is 32.2 Å². The third-order valence-electron chi connectivity index (χ3n) is 3.54. The Morgan fingerprint density at radius 3 is 2.68 bits per heavy atom. The SMILES string of the molecule is CN1Cc2ccccc2N(CCCCCCS)C1=O. The van der Waals surface area contributed by atoms with Gasteiger partial charge in [0.1, 0.15) is 0 Å². The number of nitrogens with zero attached hydrogens (tertiary/aromatic N) is 2. The second kappa shape index (κ2) is 6.85. The molecule has 2 rings (SSSR count). The fraction of sp³-hybridized carbons (Fsp3) is 0.533. The summed E-state index contributed by atoms with van der Waals surface area (Å²) in [5.74, 6) is 0.953. The molecule has 1 aromatic rings. The molecule has 0 aromatic heterocycles. The highest BCUT2D eigenvalue weighted by Crippen LogP contribution is 2.27.